The van der Waals surface area contributed by atoms with Crippen LogP contribution in [-0.4, -0.2) is 24.2 Å². The lowest BCUT2D eigenvalue weighted by Gasteiger charge is -1.98. The molecule has 0 fully saturated rings. The second kappa shape index (κ2) is 6.76. The molecule has 2 aromatic heterocycles. The number of pyridine rings is 1. The minimum Gasteiger partial charge on any atom is -0.497 e. The van der Waals surface area contributed by atoms with E-state index >= 15 is 0 Å². The van der Waals surface area contributed by atoms with Gasteiger partial charge in [-0.3, -0.25) is 9.78 Å². The number of thiophene rings is 1. The number of rotatable bonds is 4. The Morgan fingerprint density at radius 3 is 3.04 bits per heavy atom. The maximum Gasteiger partial charge on any atom is 0.283 e. The van der Waals surface area contributed by atoms with Crippen molar-refractivity contribution < 1.29 is 9.53 Å². The van der Waals surface area contributed by atoms with Crippen LogP contribution < -0.4 is 10.2 Å². The van der Waals surface area contributed by atoms with Crippen molar-refractivity contribution in [2.45, 2.75) is 0 Å². The van der Waals surface area contributed by atoms with Gasteiger partial charge in [-0.25, -0.2) is 5.43 Å². The fraction of sp³-hybridized carbons (Fsp3) is 0.0625. The summed E-state index contributed by atoms with van der Waals surface area (Å²) in [4.78, 5) is 16.6. The first kappa shape index (κ1) is 15.5. The van der Waals surface area contributed by atoms with Crippen LogP contribution in [0.3, 0.4) is 0 Å². The number of hydrazone groups is 1. The highest BCUT2D eigenvalue weighted by atomic mass is 35.5. The Morgan fingerprint density at radius 1 is 1.43 bits per heavy atom. The molecular formula is C16H12ClN3O2S. The lowest BCUT2D eigenvalue weighted by molar-refractivity contribution is 0.0959. The summed E-state index contributed by atoms with van der Waals surface area (Å²) in [5, 5.41) is 5.16. The topological polar surface area (TPSA) is 63.6 Å². The van der Waals surface area contributed by atoms with Crippen LogP contribution in [0, 0.1) is 0 Å². The van der Waals surface area contributed by atoms with Crippen molar-refractivity contribution in [2.24, 2.45) is 5.10 Å². The van der Waals surface area contributed by atoms with E-state index < -0.39 is 0 Å². The Bertz CT molecular complexity index is 878. The number of ether oxygens (including phenoxy) is 1. The molecule has 3 aromatic rings. The summed E-state index contributed by atoms with van der Waals surface area (Å²) >= 11 is 7.59. The highest BCUT2D eigenvalue weighted by molar-refractivity contribution is 7.21. The average Bonchev–Trinajstić information content (AvgIpc) is 2.92. The highest BCUT2D eigenvalue weighted by Gasteiger charge is 2.17. The van der Waals surface area contributed by atoms with E-state index in [2.05, 4.69) is 15.5 Å². The SMILES string of the molecule is COc1ccc2c(Cl)c(C(=O)N/N=C\c3cccnc3)sc2c1. The predicted molar refractivity (Wildman–Crippen MR) is 92.7 cm³/mol. The zero-order valence-corrected chi connectivity index (χ0v) is 13.7. The third-order valence-corrected chi connectivity index (χ3v) is 4.76. The van der Waals surface area contributed by atoms with Crippen LogP contribution in [0.15, 0.2) is 47.8 Å². The van der Waals surface area contributed by atoms with Crippen molar-refractivity contribution in [2.75, 3.05) is 7.11 Å². The number of nitrogens with zero attached hydrogens (tertiary/aromatic N) is 2. The monoisotopic (exact) mass is 345 g/mol. The van der Waals surface area contributed by atoms with Crippen molar-refractivity contribution in [1.82, 2.24) is 10.4 Å². The van der Waals surface area contributed by atoms with Gasteiger partial charge in [-0.15, -0.1) is 11.3 Å². The number of hydrogen-bond acceptors (Lipinski definition) is 5. The molecule has 0 aliphatic carbocycles. The van der Waals surface area contributed by atoms with Gasteiger partial charge >= 0.3 is 0 Å². The van der Waals surface area contributed by atoms with Crippen molar-refractivity contribution in [3.63, 3.8) is 0 Å². The fourth-order valence-corrected chi connectivity index (χ4v) is 3.42. The summed E-state index contributed by atoms with van der Waals surface area (Å²) in [6.07, 6.45) is 4.84. The molecule has 0 radical (unpaired) electrons. The first-order valence-electron chi connectivity index (χ1n) is 6.68. The molecule has 0 saturated heterocycles. The summed E-state index contributed by atoms with van der Waals surface area (Å²) in [5.41, 5.74) is 3.27. The van der Waals surface area contributed by atoms with Crippen LogP contribution in [-0.2, 0) is 0 Å². The van der Waals surface area contributed by atoms with Crippen molar-refractivity contribution in [1.29, 1.82) is 0 Å². The molecule has 0 saturated carbocycles. The number of nitrogens with one attached hydrogen (secondary N) is 1. The molecule has 23 heavy (non-hydrogen) atoms. The summed E-state index contributed by atoms with van der Waals surface area (Å²) < 4.78 is 6.06. The smallest absolute Gasteiger partial charge is 0.283 e. The van der Waals surface area contributed by atoms with Crippen LogP contribution >= 0.6 is 22.9 Å². The van der Waals surface area contributed by atoms with Gasteiger partial charge in [0.05, 0.1) is 18.3 Å². The quantitative estimate of drug-likeness (QED) is 0.579. The maximum atomic E-state index is 12.2. The van der Waals surface area contributed by atoms with Crippen molar-refractivity contribution in [3.8, 4) is 5.75 Å². The molecule has 0 bridgehead atoms. The van der Waals surface area contributed by atoms with Crippen LogP contribution in [0.4, 0.5) is 0 Å². The van der Waals surface area contributed by atoms with E-state index in [0.29, 0.717) is 9.90 Å². The van der Waals surface area contributed by atoms with Crippen LogP contribution in [0.25, 0.3) is 10.1 Å². The van der Waals surface area contributed by atoms with E-state index in [0.717, 1.165) is 21.4 Å². The second-order valence-corrected chi connectivity index (χ2v) is 6.02. The Hall–Kier alpha value is -2.44. The maximum absolute atomic E-state index is 12.2. The molecule has 3 rings (SSSR count). The summed E-state index contributed by atoms with van der Waals surface area (Å²) in [5.74, 6) is 0.368. The Morgan fingerprint density at radius 2 is 2.30 bits per heavy atom. The van der Waals surface area contributed by atoms with E-state index in [4.69, 9.17) is 16.3 Å². The number of methoxy groups -OCH3 is 1. The lowest BCUT2D eigenvalue weighted by atomic mass is 10.2. The number of aromatic nitrogens is 1. The average molecular weight is 346 g/mol. The molecular weight excluding hydrogens is 334 g/mol. The number of fused-ring (bicyclic) bond motifs is 1. The van der Waals surface area contributed by atoms with Crippen LogP contribution in [0.1, 0.15) is 15.2 Å². The number of hydrogen-bond donors (Lipinski definition) is 1. The number of amides is 1. The molecule has 2 heterocycles. The van der Waals surface area contributed by atoms with E-state index in [9.17, 15) is 4.79 Å². The van der Waals surface area contributed by atoms with Crippen molar-refractivity contribution >= 4 is 45.1 Å². The number of halogens is 1. The van der Waals surface area contributed by atoms with Gasteiger partial charge in [-0.1, -0.05) is 17.7 Å². The van der Waals surface area contributed by atoms with Gasteiger partial charge in [-0.2, -0.15) is 5.10 Å². The number of benzene rings is 1. The van der Waals surface area contributed by atoms with Gasteiger partial charge in [0.25, 0.3) is 5.91 Å². The summed E-state index contributed by atoms with van der Waals surface area (Å²) in [6, 6.07) is 9.12. The first-order chi connectivity index (χ1) is 11.2. The van der Waals surface area contributed by atoms with Gasteiger partial charge in [0.2, 0.25) is 0 Å². The standard InChI is InChI=1S/C16H12ClN3O2S/c1-22-11-4-5-12-13(7-11)23-15(14(12)17)16(21)20-19-9-10-3-2-6-18-8-10/h2-9H,1H3,(H,20,21)/b19-9-. The number of carbonyl (C=O) groups excluding carboxylic acids is 1. The normalized spacial score (nSPS) is 11.0. The van der Waals surface area contributed by atoms with E-state index in [1.165, 1.54) is 17.6 Å². The summed E-state index contributed by atoms with van der Waals surface area (Å²) in [7, 11) is 1.59. The fourth-order valence-electron chi connectivity index (χ4n) is 1.99. The predicted octanol–water partition coefficient (Wildman–Crippen LogP) is 3.72. The van der Waals surface area contributed by atoms with Gasteiger partial charge < -0.3 is 4.74 Å². The third kappa shape index (κ3) is 3.33. The molecule has 0 spiro atoms. The molecule has 0 aliphatic heterocycles. The first-order valence-corrected chi connectivity index (χ1v) is 7.88. The molecule has 7 heteroatoms. The second-order valence-electron chi connectivity index (χ2n) is 4.59. The van der Waals surface area contributed by atoms with Gasteiger partial charge in [0.1, 0.15) is 10.6 Å². The zero-order valence-electron chi connectivity index (χ0n) is 12.1. The zero-order chi connectivity index (χ0) is 16.2. The molecule has 5 nitrogen and oxygen atoms in total. The summed E-state index contributed by atoms with van der Waals surface area (Å²) in [6.45, 7) is 0. The largest absolute Gasteiger partial charge is 0.497 e. The van der Waals surface area contributed by atoms with E-state index in [1.807, 2.05) is 24.3 Å². The molecule has 1 aromatic carbocycles. The molecule has 1 N–H and O–H groups in total. The Balaban J connectivity index is 1.81. The molecule has 0 unspecified atom stereocenters. The van der Waals surface area contributed by atoms with Gasteiger partial charge in [0, 0.05) is 28.0 Å². The van der Waals surface area contributed by atoms with E-state index in [1.54, 1.807) is 25.6 Å². The Kier molecular flexibility index (Phi) is 4.55. The van der Waals surface area contributed by atoms with Gasteiger partial charge in [-0.05, 0) is 24.3 Å². The minimum absolute atomic E-state index is 0.352. The minimum atomic E-state index is -0.352. The van der Waals surface area contributed by atoms with Crippen LogP contribution in [0.2, 0.25) is 5.02 Å². The van der Waals surface area contributed by atoms with Gasteiger partial charge in [0.15, 0.2) is 0 Å². The highest BCUT2D eigenvalue weighted by Crippen LogP contribution is 2.37. The van der Waals surface area contributed by atoms with E-state index in [-0.39, 0.29) is 5.91 Å². The molecule has 116 valence electrons. The molecule has 0 atom stereocenters. The van der Waals surface area contributed by atoms with Crippen molar-refractivity contribution in [3.05, 3.63) is 58.2 Å². The lowest BCUT2D eigenvalue weighted by Crippen LogP contribution is -2.16. The number of carbonyl (C=O) groups is 1. The Labute approximate surface area is 141 Å². The molecule has 1 amide bonds. The van der Waals surface area contributed by atoms with Crippen LogP contribution in [0.5, 0.6) is 5.75 Å². The molecule has 0 aliphatic rings. The third-order valence-electron chi connectivity index (χ3n) is 3.11.